The lowest BCUT2D eigenvalue weighted by molar-refractivity contribution is 0.377. The van der Waals surface area contributed by atoms with E-state index in [0.29, 0.717) is 13.1 Å². The van der Waals surface area contributed by atoms with Crippen molar-refractivity contribution in [3.8, 4) is 0 Å². The van der Waals surface area contributed by atoms with E-state index in [-0.39, 0.29) is 0 Å². The number of benzene rings is 1. The molecule has 0 radical (unpaired) electrons. The summed E-state index contributed by atoms with van der Waals surface area (Å²) in [5.41, 5.74) is 8.80. The van der Waals surface area contributed by atoms with E-state index >= 15 is 0 Å². The van der Waals surface area contributed by atoms with Gasteiger partial charge in [0, 0.05) is 25.3 Å². The minimum absolute atomic E-state index is 0.415. The first-order chi connectivity index (χ1) is 8.72. The Labute approximate surface area is 107 Å². The van der Waals surface area contributed by atoms with Crippen LogP contribution in [-0.2, 0) is 19.5 Å². The van der Waals surface area contributed by atoms with Crippen molar-refractivity contribution < 1.29 is 4.52 Å². The molecule has 2 rings (SSSR count). The Balaban J connectivity index is 2.03. The van der Waals surface area contributed by atoms with Gasteiger partial charge >= 0.3 is 0 Å². The highest BCUT2D eigenvalue weighted by Crippen LogP contribution is 2.17. The molecule has 0 aliphatic carbocycles. The Hall–Kier alpha value is -1.81. The molecule has 0 saturated carbocycles. The van der Waals surface area contributed by atoms with Gasteiger partial charge in [-0.25, -0.2) is 0 Å². The molecule has 4 heteroatoms. The summed E-state index contributed by atoms with van der Waals surface area (Å²) in [7, 11) is 2.03. The van der Waals surface area contributed by atoms with Crippen molar-refractivity contribution in [2.45, 2.75) is 26.4 Å². The number of aryl methyl sites for hydroxylation is 1. The second-order valence-electron chi connectivity index (χ2n) is 4.36. The van der Waals surface area contributed by atoms with Gasteiger partial charge in [-0.1, -0.05) is 24.2 Å². The van der Waals surface area contributed by atoms with Gasteiger partial charge in [-0.05, 0) is 24.1 Å². The molecule has 1 heterocycles. The largest absolute Gasteiger partial charge is 0.367 e. The van der Waals surface area contributed by atoms with Gasteiger partial charge in [-0.2, -0.15) is 0 Å². The van der Waals surface area contributed by atoms with Crippen molar-refractivity contribution in [3.05, 3.63) is 47.3 Å². The highest BCUT2D eigenvalue weighted by atomic mass is 16.5. The third kappa shape index (κ3) is 2.90. The van der Waals surface area contributed by atoms with Gasteiger partial charge in [0.25, 0.3) is 0 Å². The van der Waals surface area contributed by atoms with E-state index in [1.807, 2.05) is 13.1 Å². The Morgan fingerprint density at radius 3 is 2.56 bits per heavy atom. The summed E-state index contributed by atoms with van der Waals surface area (Å²) in [5.74, 6) is 0.831. The van der Waals surface area contributed by atoms with Gasteiger partial charge in [0.05, 0.1) is 12.2 Å². The summed E-state index contributed by atoms with van der Waals surface area (Å²) in [6.45, 7) is 3.26. The zero-order valence-corrected chi connectivity index (χ0v) is 10.9. The van der Waals surface area contributed by atoms with E-state index in [4.69, 9.17) is 10.3 Å². The van der Waals surface area contributed by atoms with Crippen molar-refractivity contribution in [3.63, 3.8) is 0 Å². The summed E-state index contributed by atoms with van der Waals surface area (Å²) < 4.78 is 5.22. The van der Waals surface area contributed by atoms with E-state index in [9.17, 15) is 0 Å². The number of hydrogen-bond donors (Lipinski definition) is 1. The highest BCUT2D eigenvalue weighted by Gasteiger charge is 2.07. The van der Waals surface area contributed by atoms with Crippen LogP contribution in [0.2, 0.25) is 0 Å². The zero-order valence-electron chi connectivity index (χ0n) is 10.9. The minimum atomic E-state index is 0.415. The second kappa shape index (κ2) is 5.69. The topological polar surface area (TPSA) is 55.3 Å². The predicted molar refractivity (Wildman–Crippen MR) is 72.3 cm³/mol. The molecule has 0 spiro atoms. The highest BCUT2D eigenvalue weighted by molar-refractivity contribution is 5.47. The maximum absolute atomic E-state index is 5.50. The zero-order chi connectivity index (χ0) is 13.0. The minimum Gasteiger partial charge on any atom is -0.367 e. The number of anilines is 1. The molecule has 4 nitrogen and oxygen atoms in total. The normalized spacial score (nSPS) is 10.6. The number of aromatic nitrogens is 1. The summed E-state index contributed by atoms with van der Waals surface area (Å²) in [6.07, 6.45) is 1.06. The van der Waals surface area contributed by atoms with Crippen LogP contribution < -0.4 is 10.6 Å². The maximum atomic E-state index is 5.50. The monoisotopic (exact) mass is 245 g/mol. The van der Waals surface area contributed by atoms with E-state index in [1.54, 1.807) is 0 Å². The third-order valence-corrected chi connectivity index (χ3v) is 3.00. The van der Waals surface area contributed by atoms with Gasteiger partial charge in [-0.15, -0.1) is 0 Å². The molecule has 18 heavy (non-hydrogen) atoms. The molecule has 0 fully saturated rings. The van der Waals surface area contributed by atoms with Crippen LogP contribution in [0.25, 0.3) is 0 Å². The van der Waals surface area contributed by atoms with Crippen LogP contribution in [0.1, 0.15) is 23.9 Å². The first-order valence-corrected chi connectivity index (χ1v) is 6.17. The van der Waals surface area contributed by atoms with Crippen LogP contribution in [0.5, 0.6) is 0 Å². The molecule has 2 aromatic rings. The van der Waals surface area contributed by atoms with Crippen LogP contribution in [0.15, 0.2) is 34.9 Å². The first-order valence-electron chi connectivity index (χ1n) is 6.17. The molecule has 0 atom stereocenters. The maximum Gasteiger partial charge on any atom is 0.156 e. The van der Waals surface area contributed by atoms with E-state index in [0.717, 1.165) is 23.6 Å². The molecular weight excluding hydrogens is 226 g/mol. The lowest BCUT2D eigenvalue weighted by Crippen LogP contribution is -2.15. The summed E-state index contributed by atoms with van der Waals surface area (Å²) in [4.78, 5) is 2.13. The van der Waals surface area contributed by atoms with E-state index in [2.05, 4.69) is 41.2 Å². The van der Waals surface area contributed by atoms with Gasteiger partial charge < -0.3 is 15.2 Å². The smallest absolute Gasteiger partial charge is 0.156 e. The molecule has 96 valence electrons. The van der Waals surface area contributed by atoms with Crippen LogP contribution in [-0.4, -0.2) is 12.2 Å². The van der Waals surface area contributed by atoms with Gasteiger partial charge in [0.15, 0.2) is 5.76 Å². The molecule has 0 aliphatic rings. The molecule has 0 aliphatic heterocycles. The summed E-state index contributed by atoms with van der Waals surface area (Å²) in [6, 6.07) is 10.4. The quantitative estimate of drug-likeness (QED) is 0.878. The Kier molecular flexibility index (Phi) is 3.99. The number of rotatable bonds is 5. The van der Waals surface area contributed by atoms with Crippen molar-refractivity contribution in [1.29, 1.82) is 0 Å². The van der Waals surface area contributed by atoms with Crippen molar-refractivity contribution in [1.82, 2.24) is 5.16 Å². The Morgan fingerprint density at radius 2 is 2.00 bits per heavy atom. The molecule has 2 N–H and O–H groups in total. The fourth-order valence-corrected chi connectivity index (χ4v) is 1.84. The fourth-order valence-electron chi connectivity index (χ4n) is 1.84. The predicted octanol–water partition coefficient (Wildman–Crippen LogP) is 2.33. The summed E-state index contributed by atoms with van der Waals surface area (Å²) >= 11 is 0. The van der Waals surface area contributed by atoms with Crippen LogP contribution >= 0.6 is 0 Å². The van der Waals surface area contributed by atoms with Gasteiger partial charge in [-0.3, -0.25) is 0 Å². The van der Waals surface area contributed by atoms with Crippen molar-refractivity contribution in [2.24, 2.45) is 5.73 Å². The third-order valence-electron chi connectivity index (χ3n) is 3.00. The number of nitrogens with two attached hydrogens (primary N) is 1. The summed E-state index contributed by atoms with van der Waals surface area (Å²) in [5, 5.41) is 3.88. The average molecular weight is 245 g/mol. The fraction of sp³-hybridized carbons (Fsp3) is 0.357. The van der Waals surface area contributed by atoms with Crippen molar-refractivity contribution >= 4 is 5.69 Å². The van der Waals surface area contributed by atoms with E-state index in [1.165, 1.54) is 5.56 Å². The van der Waals surface area contributed by atoms with Crippen LogP contribution in [0.4, 0.5) is 5.69 Å². The molecule has 1 aromatic heterocycles. The molecule has 0 unspecified atom stereocenters. The molecule has 1 aromatic carbocycles. The van der Waals surface area contributed by atoms with Crippen LogP contribution in [0.3, 0.4) is 0 Å². The molecule has 0 saturated heterocycles. The average Bonchev–Trinajstić information content (AvgIpc) is 2.86. The Bertz CT molecular complexity index is 490. The SMILES string of the molecule is CCc1ccc(N(C)Cc2cc(CN)no2)cc1. The van der Waals surface area contributed by atoms with Crippen LogP contribution in [0, 0.1) is 0 Å². The standard InChI is InChI=1S/C14H19N3O/c1-3-11-4-6-13(7-5-11)17(2)10-14-8-12(9-15)16-18-14/h4-8H,3,9-10,15H2,1-2H3. The molecular formula is C14H19N3O. The van der Waals surface area contributed by atoms with E-state index < -0.39 is 0 Å². The lowest BCUT2D eigenvalue weighted by Gasteiger charge is -2.17. The lowest BCUT2D eigenvalue weighted by atomic mass is 10.1. The van der Waals surface area contributed by atoms with Gasteiger partial charge in [0.1, 0.15) is 0 Å². The van der Waals surface area contributed by atoms with Gasteiger partial charge in [0.2, 0.25) is 0 Å². The number of hydrogen-bond acceptors (Lipinski definition) is 4. The first kappa shape index (κ1) is 12.6. The molecule has 0 amide bonds. The molecule has 0 bridgehead atoms. The number of nitrogens with zero attached hydrogens (tertiary/aromatic N) is 2. The van der Waals surface area contributed by atoms with Crippen molar-refractivity contribution in [2.75, 3.05) is 11.9 Å². The second-order valence-corrected chi connectivity index (χ2v) is 4.36. The Morgan fingerprint density at radius 1 is 1.28 bits per heavy atom.